The fourth-order valence-electron chi connectivity index (χ4n) is 4.44. The molecule has 0 spiro atoms. The normalized spacial score (nSPS) is 10.8. The molecule has 5 nitrogen and oxygen atoms in total. The average Bonchev–Trinajstić information content (AvgIpc) is 3.02. The van der Waals surface area contributed by atoms with Crippen molar-refractivity contribution >= 4 is 0 Å². The van der Waals surface area contributed by atoms with E-state index < -0.39 is 12.2 Å². The fourth-order valence-corrected chi connectivity index (χ4v) is 4.44. The molecule has 0 fully saturated rings. The molecule has 0 saturated carbocycles. The summed E-state index contributed by atoms with van der Waals surface area (Å²) in [6, 6.07) is 40.9. The first-order valence-electron chi connectivity index (χ1n) is 13.0. The maximum Gasteiger partial charge on any atom is 0.224 e. The molecule has 0 N–H and O–H groups in total. The minimum atomic E-state index is -0.494. The number of aromatic nitrogens is 1. The van der Waals surface area contributed by atoms with Gasteiger partial charge in [-0.15, -0.1) is 6.42 Å². The Morgan fingerprint density at radius 3 is 1.57 bits per heavy atom. The molecule has 5 heteroatoms. The molecule has 0 aliphatic carbocycles. The Labute approximate surface area is 234 Å². The number of hydrogen-bond donors (Lipinski definition) is 0. The second-order valence-corrected chi connectivity index (χ2v) is 9.14. The van der Waals surface area contributed by atoms with E-state index in [1.165, 1.54) is 6.07 Å². The second kappa shape index (κ2) is 13.1. The van der Waals surface area contributed by atoms with Crippen molar-refractivity contribution in [1.82, 2.24) is 4.73 Å². The third-order valence-corrected chi connectivity index (χ3v) is 6.37. The van der Waals surface area contributed by atoms with Gasteiger partial charge in [0, 0.05) is 6.07 Å². The minimum Gasteiger partial charge on any atom is -0.475 e. The lowest BCUT2D eigenvalue weighted by atomic mass is 10.0. The maximum atomic E-state index is 13.4. The van der Waals surface area contributed by atoms with Crippen LogP contribution < -0.4 is 15.0 Å². The van der Waals surface area contributed by atoms with Gasteiger partial charge < -0.3 is 14.3 Å². The van der Waals surface area contributed by atoms with Crippen LogP contribution in [0.2, 0.25) is 0 Å². The zero-order chi connectivity index (χ0) is 27.6. The van der Waals surface area contributed by atoms with Gasteiger partial charge in [-0.3, -0.25) is 4.79 Å². The van der Waals surface area contributed by atoms with E-state index in [0.717, 1.165) is 22.3 Å². The van der Waals surface area contributed by atoms with E-state index >= 15 is 0 Å². The summed E-state index contributed by atoms with van der Waals surface area (Å²) in [4.78, 5) is 20.0. The molecule has 40 heavy (non-hydrogen) atoms. The summed E-state index contributed by atoms with van der Waals surface area (Å²) >= 11 is 0. The lowest BCUT2D eigenvalue weighted by molar-refractivity contribution is 0.0372. The van der Waals surface area contributed by atoms with Crippen molar-refractivity contribution < 1.29 is 14.3 Å². The molecule has 0 atom stereocenters. The van der Waals surface area contributed by atoms with Crippen LogP contribution in [0.4, 0.5) is 0 Å². The van der Waals surface area contributed by atoms with Crippen molar-refractivity contribution in [3.05, 3.63) is 172 Å². The highest BCUT2D eigenvalue weighted by Crippen LogP contribution is 2.28. The minimum absolute atomic E-state index is 0.0941. The van der Waals surface area contributed by atoms with Crippen LogP contribution in [0, 0.1) is 12.3 Å². The first kappa shape index (κ1) is 26.6. The van der Waals surface area contributed by atoms with E-state index in [1.807, 2.05) is 121 Å². The van der Waals surface area contributed by atoms with Gasteiger partial charge in [0.2, 0.25) is 5.43 Å². The highest BCUT2D eigenvalue weighted by Gasteiger charge is 2.22. The maximum absolute atomic E-state index is 13.4. The van der Waals surface area contributed by atoms with Crippen molar-refractivity contribution in [2.45, 2.75) is 18.8 Å². The Hall–Kier alpha value is -5.05. The van der Waals surface area contributed by atoms with Crippen LogP contribution in [0.3, 0.4) is 0 Å². The zero-order valence-electron chi connectivity index (χ0n) is 21.9. The van der Waals surface area contributed by atoms with E-state index in [-0.39, 0.29) is 24.4 Å². The molecule has 1 aromatic heterocycles. The standard InChI is InChI=1S/C35H29NO4/c1-2-23-38-26-31-24-32(37)33(39-34(27-15-7-3-8-16-27)28-17-9-4-10-18-28)25-36(31)40-35(29-19-11-5-12-20-29)30-21-13-6-14-22-30/h1,3-22,24-25,34-35H,23,26H2. The number of hydrogen-bond acceptors (Lipinski definition) is 4. The fraction of sp³-hybridized carbons (Fsp3) is 0.114. The van der Waals surface area contributed by atoms with Gasteiger partial charge in [-0.1, -0.05) is 127 Å². The predicted molar refractivity (Wildman–Crippen MR) is 156 cm³/mol. The van der Waals surface area contributed by atoms with Crippen LogP contribution >= 0.6 is 0 Å². The van der Waals surface area contributed by atoms with Gasteiger partial charge in [-0.25, -0.2) is 0 Å². The van der Waals surface area contributed by atoms with E-state index in [4.69, 9.17) is 20.7 Å². The van der Waals surface area contributed by atoms with E-state index in [0.29, 0.717) is 5.69 Å². The zero-order valence-corrected chi connectivity index (χ0v) is 21.9. The molecule has 0 amide bonds. The molecule has 0 unspecified atom stereocenters. The third-order valence-electron chi connectivity index (χ3n) is 6.37. The highest BCUT2D eigenvalue weighted by atomic mass is 16.7. The average molecular weight is 528 g/mol. The molecule has 0 saturated heterocycles. The Balaban J connectivity index is 1.56. The first-order chi connectivity index (χ1) is 19.7. The summed E-state index contributed by atoms with van der Waals surface area (Å²) in [5.74, 6) is 2.61. The van der Waals surface area contributed by atoms with Gasteiger partial charge in [-0.05, 0) is 22.3 Å². The van der Waals surface area contributed by atoms with Gasteiger partial charge in [0.1, 0.15) is 12.7 Å². The molecule has 198 valence electrons. The van der Waals surface area contributed by atoms with Crippen LogP contribution in [-0.2, 0) is 11.3 Å². The van der Waals surface area contributed by atoms with Crippen molar-refractivity contribution in [2.75, 3.05) is 6.61 Å². The SMILES string of the molecule is C#CCOCc1cc(=O)c(OC(c2ccccc2)c2ccccc2)cn1OC(c1ccccc1)c1ccccc1. The van der Waals surface area contributed by atoms with Crippen LogP contribution in [0.5, 0.6) is 5.75 Å². The number of ether oxygens (including phenoxy) is 2. The summed E-state index contributed by atoms with van der Waals surface area (Å²) in [6.45, 7) is 0.203. The van der Waals surface area contributed by atoms with Crippen molar-refractivity contribution in [3.63, 3.8) is 0 Å². The monoisotopic (exact) mass is 527 g/mol. The molecular weight excluding hydrogens is 498 g/mol. The summed E-state index contributed by atoms with van der Waals surface area (Å²) in [6.07, 6.45) is 6.03. The largest absolute Gasteiger partial charge is 0.475 e. The molecule has 5 aromatic rings. The van der Waals surface area contributed by atoms with Crippen molar-refractivity contribution in [2.24, 2.45) is 0 Å². The Morgan fingerprint density at radius 2 is 1.12 bits per heavy atom. The van der Waals surface area contributed by atoms with E-state index in [1.54, 1.807) is 10.9 Å². The molecule has 0 aliphatic heterocycles. The van der Waals surface area contributed by atoms with Gasteiger partial charge >= 0.3 is 0 Å². The lowest BCUT2D eigenvalue weighted by Gasteiger charge is -2.25. The smallest absolute Gasteiger partial charge is 0.224 e. The van der Waals surface area contributed by atoms with Crippen LogP contribution in [0.25, 0.3) is 0 Å². The summed E-state index contributed by atoms with van der Waals surface area (Å²) < 4.78 is 13.6. The predicted octanol–water partition coefficient (Wildman–Crippen LogP) is 6.38. The molecule has 0 aliphatic rings. The van der Waals surface area contributed by atoms with Crippen molar-refractivity contribution in [1.29, 1.82) is 0 Å². The third kappa shape index (κ3) is 6.50. The molecule has 0 radical (unpaired) electrons. The number of nitrogens with zero attached hydrogens (tertiary/aromatic N) is 1. The van der Waals surface area contributed by atoms with Gasteiger partial charge in [0.25, 0.3) is 0 Å². The number of pyridine rings is 1. The Bertz CT molecular complexity index is 1520. The summed E-state index contributed by atoms with van der Waals surface area (Å²) in [5.41, 5.74) is 3.99. The Morgan fingerprint density at radius 1 is 0.675 bits per heavy atom. The van der Waals surface area contributed by atoms with E-state index in [9.17, 15) is 4.79 Å². The van der Waals surface area contributed by atoms with Crippen LogP contribution in [0.1, 0.15) is 40.2 Å². The van der Waals surface area contributed by atoms with E-state index in [2.05, 4.69) is 5.92 Å². The van der Waals surface area contributed by atoms with Gasteiger partial charge in [0.15, 0.2) is 11.9 Å². The van der Waals surface area contributed by atoms with Gasteiger partial charge in [0.05, 0.1) is 18.5 Å². The molecule has 5 rings (SSSR count). The lowest BCUT2D eigenvalue weighted by Crippen LogP contribution is -2.26. The molecular formula is C35H29NO4. The number of terminal acetylenes is 1. The van der Waals surface area contributed by atoms with Crippen molar-refractivity contribution in [3.8, 4) is 18.1 Å². The highest BCUT2D eigenvalue weighted by molar-refractivity contribution is 5.34. The quantitative estimate of drug-likeness (QED) is 0.148. The van der Waals surface area contributed by atoms with Crippen LogP contribution in [0.15, 0.2) is 138 Å². The Kier molecular flexibility index (Phi) is 8.73. The second-order valence-electron chi connectivity index (χ2n) is 9.14. The number of benzene rings is 4. The number of rotatable bonds is 11. The molecule has 0 bridgehead atoms. The molecule has 1 heterocycles. The first-order valence-corrected chi connectivity index (χ1v) is 13.0. The summed E-state index contributed by atoms with van der Waals surface area (Å²) in [5, 5.41) is 0. The summed E-state index contributed by atoms with van der Waals surface area (Å²) in [7, 11) is 0. The molecule has 4 aromatic carbocycles. The topological polar surface area (TPSA) is 49.7 Å². The van der Waals surface area contributed by atoms with Gasteiger partial charge in [-0.2, -0.15) is 4.73 Å². The van der Waals surface area contributed by atoms with Crippen LogP contribution in [-0.4, -0.2) is 11.3 Å².